The van der Waals surface area contributed by atoms with E-state index in [2.05, 4.69) is 5.32 Å². The first-order valence-electron chi connectivity index (χ1n) is 8.81. The summed E-state index contributed by atoms with van der Waals surface area (Å²) in [5, 5.41) is 2.78. The zero-order valence-corrected chi connectivity index (χ0v) is 16.5. The molecule has 2 heterocycles. The second-order valence-corrected chi connectivity index (χ2v) is 7.85. The van der Waals surface area contributed by atoms with E-state index in [-0.39, 0.29) is 35.6 Å². The largest absolute Gasteiger partial charge is 0.378 e. The number of nitrogens with zero attached hydrogens (tertiary/aromatic N) is 1. The molecule has 1 unspecified atom stereocenters. The summed E-state index contributed by atoms with van der Waals surface area (Å²) in [7, 11) is 0. The number of fused-ring (bicyclic) bond motifs is 1. The van der Waals surface area contributed by atoms with Gasteiger partial charge < -0.3 is 20.7 Å². The predicted octanol–water partition coefficient (Wildman–Crippen LogP) is 2.51. The number of hydrogen-bond donors (Lipinski definition) is 2. The highest BCUT2D eigenvalue weighted by Gasteiger charge is 2.27. The average Bonchev–Trinajstić information content (AvgIpc) is 2.62. The second-order valence-electron chi connectivity index (χ2n) is 6.46. The normalized spacial score (nSPS) is 20.2. The monoisotopic (exact) mass is 399 g/mol. The minimum atomic E-state index is -0.104. The van der Waals surface area contributed by atoms with Crippen LogP contribution in [0.2, 0.25) is 0 Å². The van der Waals surface area contributed by atoms with Crippen LogP contribution in [0, 0.1) is 0 Å². The first kappa shape index (κ1) is 21.0. The molecule has 1 aromatic rings. The lowest BCUT2D eigenvalue weighted by atomic mass is 10.1. The number of halogens is 1. The standard InChI is InChI=1S/C18H25N3O3S.ClH/c1-12-17(22)20-15-11-13(3-4-16(15)25-12)18(23)21-8-5-14(6-9-21)24-10-2-7-19;/h3-4,11-12,14H,2,5-10,19H2,1H3,(H,20,22);1H. The van der Waals surface area contributed by atoms with E-state index in [1.165, 1.54) is 11.8 Å². The molecule has 0 bridgehead atoms. The number of rotatable bonds is 5. The van der Waals surface area contributed by atoms with Gasteiger partial charge in [0.2, 0.25) is 5.91 Å². The molecule has 0 aromatic heterocycles. The highest BCUT2D eigenvalue weighted by molar-refractivity contribution is 8.00. The van der Waals surface area contributed by atoms with Crippen molar-refractivity contribution in [1.82, 2.24) is 4.90 Å². The molecule has 3 N–H and O–H groups in total. The summed E-state index contributed by atoms with van der Waals surface area (Å²) >= 11 is 1.52. The maximum atomic E-state index is 12.7. The Morgan fingerprint density at radius 2 is 2.12 bits per heavy atom. The Labute approximate surface area is 164 Å². The van der Waals surface area contributed by atoms with Crippen molar-refractivity contribution in [3.63, 3.8) is 0 Å². The third-order valence-electron chi connectivity index (χ3n) is 4.59. The van der Waals surface area contributed by atoms with Crippen molar-refractivity contribution in [1.29, 1.82) is 0 Å². The molecule has 8 heteroatoms. The first-order valence-corrected chi connectivity index (χ1v) is 9.69. The number of hydrogen-bond acceptors (Lipinski definition) is 5. The lowest BCUT2D eigenvalue weighted by molar-refractivity contribution is -0.115. The van der Waals surface area contributed by atoms with Crippen LogP contribution in [0.1, 0.15) is 36.5 Å². The molecule has 0 saturated carbocycles. The average molecular weight is 400 g/mol. The van der Waals surface area contributed by atoms with E-state index in [0.29, 0.717) is 31.8 Å². The summed E-state index contributed by atoms with van der Waals surface area (Å²) in [5.74, 6) is -0.00128. The Bertz CT molecular complexity index is 651. The van der Waals surface area contributed by atoms with Gasteiger partial charge in [0.15, 0.2) is 0 Å². The third-order valence-corrected chi connectivity index (χ3v) is 5.77. The van der Waals surface area contributed by atoms with Crippen LogP contribution in [-0.2, 0) is 9.53 Å². The topological polar surface area (TPSA) is 84.7 Å². The van der Waals surface area contributed by atoms with E-state index in [9.17, 15) is 9.59 Å². The van der Waals surface area contributed by atoms with Crippen LogP contribution in [0.4, 0.5) is 5.69 Å². The SMILES string of the molecule is CC1Sc2ccc(C(=O)N3CCC(OCCCN)CC3)cc2NC1=O.Cl. The van der Waals surface area contributed by atoms with E-state index >= 15 is 0 Å². The van der Waals surface area contributed by atoms with Gasteiger partial charge >= 0.3 is 0 Å². The quantitative estimate of drug-likeness (QED) is 0.743. The third kappa shape index (κ3) is 4.91. The number of anilines is 1. The van der Waals surface area contributed by atoms with E-state index in [4.69, 9.17) is 10.5 Å². The van der Waals surface area contributed by atoms with Crippen molar-refractivity contribution < 1.29 is 14.3 Å². The Morgan fingerprint density at radius 1 is 1.38 bits per heavy atom. The number of thioether (sulfide) groups is 1. The lowest BCUT2D eigenvalue weighted by Crippen LogP contribution is -2.41. The molecule has 1 aromatic carbocycles. The van der Waals surface area contributed by atoms with Crippen molar-refractivity contribution >= 4 is 41.7 Å². The van der Waals surface area contributed by atoms with E-state index in [1.54, 1.807) is 6.07 Å². The lowest BCUT2D eigenvalue weighted by Gasteiger charge is -2.32. The minimum Gasteiger partial charge on any atom is -0.378 e. The summed E-state index contributed by atoms with van der Waals surface area (Å²) in [4.78, 5) is 27.5. The Morgan fingerprint density at radius 3 is 2.81 bits per heavy atom. The molecule has 1 atom stereocenters. The molecule has 3 rings (SSSR count). The van der Waals surface area contributed by atoms with Gasteiger partial charge in [-0.1, -0.05) is 0 Å². The molecular formula is C18H26ClN3O3S. The summed E-state index contributed by atoms with van der Waals surface area (Å²) in [5.41, 5.74) is 6.83. The predicted molar refractivity (Wildman–Crippen MR) is 106 cm³/mol. The van der Waals surface area contributed by atoms with Crippen molar-refractivity contribution in [2.75, 3.05) is 31.6 Å². The summed E-state index contributed by atoms with van der Waals surface area (Å²) in [6, 6.07) is 5.56. The fraction of sp³-hybridized carbons (Fsp3) is 0.556. The van der Waals surface area contributed by atoms with Gasteiger partial charge in [0, 0.05) is 30.2 Å². The summed E-state index contributed by atoms with van der Waals surface area (Å²) in [6.45, 7) is 4.60. The van der Waals surface area contributed by atoms with Crippen LogP contribution in [0.3, 0.4) is 0 Å². The maximum absolute atomic E-state index is 12.7. The number of nitrogens with one attached hydrogen (secondary N) is 1. The van der Waals surface area contributed by atoms with Crippen molar-refractivity contribution in [3.05, 3.63) is 23.8 Å². The second kappa shape index (κ2) is 9.60. The van der Waals surface area contributed by atoms with Gasteiger partial charge in [-0.2, -0.15) is 0 Å². The van der Waals surface area contributed by atoms with Crippen molar-refractivity contribution in [3.8, 4) is 0 Å². The number of amides is 2. The zero-order chi connectivity index (χ0) is 17.8. The van der Waals surface area contributed by atoms with E-state index < -0.39 is 0 Å². The molecule has 0 spiro atoms. The van der Waals surface area contributed by atoms with Gasteiger partial charge in [-0.25, -0.2) is 0 Å². The molecule has 1 saturated heterocycles. The smallest absolute Gasteiger partial charge is 0.253 e. The van der Waals surface area contributed by atoms with Crippen LogP contribution in [-0.4, -0.2) is 54.3 Å². The van der Waals surface area contributed by atoms with Crippen LogP contribution in [0.15, 0.2) is 23.1 Å². The molecule has 6 nitrogen and oxygen atoms in total. The fourth-order valence-electron chi connectivity index (χ4n) is 3.08. The van der Waals surface area contributed by atoms with Gasteiger partial charge in [0.1, 0.15) is 0 Å². The fourth-order valence-corrected chi connectivity index (χ4v) is 4.01. The molecule has 2 amide bonds. The minimum absolute atomic E-state index is 0. The van der Waals surface area contributed by atoms with Gasteiger partial charge in [0.25, 0.3) is 5.91 Å². The first-order chi connectivity index (χ1) is 12.1. The number of nitrogens with two attached hydrogens (primary N) is 1. The number of carbonyl (C=O) groups excluding carboxylic acids is 2. The van der Waals surface area contributed by atoms with Crippen LogP contribution >= 0.6 is 24.2 Å². The summed E-state index contributed by atoms with van der Waals surface area (Å²) in [6.07, 6.45) is 2.80. The molecule has 2 aliphatic rings. The van der Waals surface area contributed by atoms with Gasteiger partial charge in [-0.05, 0) is 50.9 Å². The molecule has 144 valence electrons. The van der Waals surface area contributed by atoms with Gasteiger partial charge in [0.05, 0.1) is 17.0 Å². The molecule has 0 aliphatic carbocycles. The number of ether oxygens (including phenoxy) is 1. The molecular weight excluding hydrogens is 374 g/mol. The highest BCUT2D eigenvalue weighted by atomic mass is 35.5. The Hall–Kier alpha value is -1.28. The van der Waals surface area contributed by atoms with Crippen LogP contribution < -0.4 is 11.1 Å². The molecule has 26 heavy (non-hydrogen) atoms. The Balaban J connectivity index is 0.00000243. The number of likely N-dealkylation sites (tertiary alicyclic amines) is 1. The van der Waals surface area contributed by atoms with E-state index in [1.807, 2.05) is 24.0 Å². The van der Waals surface area contributed by atoms with Crippen molar-refractivity contribution in [2.24, 2.45) is 5.73 Å². The van der Waals surface area contributed by atoms with Crippen LogP contribution in [0.5, 0.6) is 0 Å². The van der Waals surface area contributed by atoms with Crippen LogP contribution in [0.25, 0.3) is 0 Å². The van der Waals surface area contributed by atoms with E-state index in [0.717, 1.165) is 29.8 Å². The summed E-state index contributed by atoms with van der Waals surface area (Å²) < 4.78 is 5.79. The zero-order valence-electron chi connectivity index (χ0n) is 14.9. The Kier molecular flexibility index (Phi) is 7.76. The number of piperidine rings is 1. The van der Waals surface area contributed by atoms with Gasteiger partial charge in [-0.15, -0.1) is 24.2 Å². The molecule has 2 aliphatic heterocycles. The maximum Gasteiger partial charge on any atom is 0.253 e. The molecule has 0 radical (unpaired) electrons. The number of benzene rings is 1. The number of carbonyl (C=O) groups is 2. The van der Waals surface area contributed by atoms with Crippen molar-refractivity contribution in [2.45, 2.75) is 42.4 Å². The highest BCUT2D eigenvalue weighted by Crippen LogP contribution is 2.36. The van der Waals surface area contributed by atoms with Gasteiger partial charge in [-0.3, -0.25) is 9.59 Å². The molecule has 1 fully saturated rings.